The van der Waals surface area contributed by atoms with Gasteiger partial charge in [-0.05, 0) is 84.8 Å². The maximum atomic E-state index is 13.8. The van der Waals surface area contributed by atoms with Crippen LogP contribution in [0.25, 0.3) is 0 Å². The summed E-state index contributed by atoms with van der Waals surface area (Å²) in [4.78, 5) is 30.0. The second-order valence-electron chi connectivity index (χ2n) is 11.3. The van der Waals surface area contributed by atoms with E-state index < -0.39 is 0 Å². The minimum atomic E-state index is -0.383. The third-order valence-corrected chi connectivity index (χ3v) is 8.02. The number of amides is 2. The van der Waals surface area contributed by atoms with Gasteiger partial charge in [-0.3, -0.25) is 9.59 Å². The van der Waals surface area contributed by atoms with Crippen LogP contribution in [-0.4, -0.2) is 36.5 Å². The molecular weight excluding hydrogens is 536 g/mol. The van der Waals surface area contributed by atoms with E-state index in [9.17, 15) is 9.59 Å². The van der Waals surface area contributed by atoms with Crippen LogP contribution in [0.5, 0.6) is 11.5 Å². The van der Waals surface area contributed by atoms with Gasteiger partial charge in [-0.1, -0.05) is 56.6 Å². The highest BCUT2D eigenvalue weighted by molar-refractivity contribution is 6.30. The predicted molar refractivity (Wildman–Crippen MR) is 165 cm³/mol. The Morgan fingerprint density at radius 2 is 1.68 bits per heavy atom. The van der Waals surface area contributed by atoms with Crippen LogP contribution in [0.3, 0.4) is 0 Å². The van der Waals surface area contributed by atoms with E-state index in [-0.39, 0.29) is 36.4 Å². The van der Waals surface area contributed by atoms with Crippen LogP contribution in [0, 0.1) is 5.92 Å². The summed E-state index contributed by atoms with van der Waals surface area (Å²) < 4.78 is 11.9. The van der Waals surface area contributed by atoms with E-state index in [0.29, 0.717) is 29.0 Å². The molecule has 1 aliphatic rings. The van der Waals surface area contributed by atoms with Gasteiger partial charge in [0.1, 0.15) is 0 Å². The second kappa shape index (κ2) is 13.0. The Labute approximate surface area is 249 Å². The van der Waals surface area contributed by atoms with Gasteiger partial charge >= 0.3 is 0 Å². The second-order valence-corrected chi connectivity index (χ2v) is 11.7. The Balaban J connectivity index is 1.79. The molecule has 0 aliphatic carbocycles. The zero-order valence-electron chi connectivity index (χ0n) is 25.1. The zero-order valence-corrected chi connectivity index (χ0v) is 25.9. The fourth-order valence-corrected chi connectivity index (χ4v) is 5.55. The van der Waals surface area contributed by atoms with Crippen molar-refractivity contribution in [2.75, 3.05) is 18.6 Å². The fraction of sp³-hybridized carbons (Fsp3) is 0.412. The Kier molecular flexibility index (Phi) is 9.64. The number of rotatable bonds is 10. The number of carbonyl (C=O) groups is 2. The lowest BCUT2D eigenvalue weighted by Crippen LogP contribution is -2.41. The summed E-state index contributed by atoms with van der Waals surface area (Å²) in [7, 11) is 1.62. The molecule has 1 heterocycles. The SMILES string of the molecule is CC[C@@H](C)Oc1cc2c(cc1OC)CC(=O)N(c1ccc(C(C)N(CC(C)C)C(C)=O)cc1)C2c1ccc(Cl)cc1. The number of benzene rings is 3. The highest BCUT2D eigenvalue weighted by Crippen LogP contribution is 2.44. The third-order valence-electron chi connectivity index (χ3n) is 7.76. The third kappa shape index (κ3) is 6.70. The molecule has 4 rings (SSSR count). The van der Waals surface area contributed by atoms with Crippen LogP contribution in [0.2, 0.25) is 5.02 Å². The first-order valence-corrected chi connectivity index (χ1v) is 14.7. The minimum absolute atomic E-state index is 0.0112. The monoisotopic (exact) mass is 576 g/mol. The average molecular weight is 577 g/mol. The number of carbonyl (C=O) groups excluding carboxylic acids is 2. The molecule has 0 spiro atoms. The Morgan fingerprint density at radius 1 is 1.02 bits per heavy atom. The van der Waals surface area contributed by atoms with Gasteiger partial charge in [0.05, 0.1) is 31.7 Å². The van der Waals surface area contributed by atoms with Gasteiger partial charge in [-0.2, -0.15) is 0 Å². The zero-order chi connectivity index (χ0) is 29.8. The smallest absolute Gasteiger partial charge is 0.232 e. The van der Waals surface area contributed by atoms with E-state index in [1.165, 1.54) is 0 Å². The van der Waals surface area contributed by atoms with Crippen molar-refractivity contribution in [1.29, 1.82) is 0 Å². The molecule has 0 aromatic heterocycles. The van der Waals surface area contributed by atoms with E-state index >= 15 is 0 Å². The number of methoxy groups -OCH3 is 1. The van der Waals surface area contributed by atoms with Crippen LogP contribution < -0.4 is 14.4 Å². The molecule has 2 unspecified atom stereocenters. The van der Waals surface area contributed by atoms with Crippen molar-refractivity contribution < 1.29 is 19.1 Å². The first-order valence-electron chi connectivity index (χ1n) is 14.4. The summed E-state index contributed by atoms with van der Waals surface area (Å²) >= 11 is 6.25. The molecule has 2 amide bonds. The Bertz CT molecular complexity index is 1370. The molecule has 0 saturated carbocycles. The molecule has 0 N–H and O–H groups in total. The quantitative estimate of drug-likeness (QED) is 0.247. The molecule has 3 atom stereocenters. The first-order chi connectivity index (χ1) is 19.5. The predicted octanol–water partition coefficient (Wildman–Crippen LogP) is 7.77. The summed E-state index contributed by atoms with van der Waals surface area (Å²) in [6.45, 7) is 12.7. The van der Waals surface area contributed by atoms with Crippen LogP contribution in [0.1, 0.15) is 82.3 Å². The topological polar surface area (TPSA) is 59.1 Å². The highest BCUT2D eigenvalue weighted by Gasteiger charge is 2.36. The summed E-state index contributed by atoms with van der Waals surface area (Å²) in [6, 6.07) is 19.1. The van der Waals surface area contributed by atoms with Gasteiger partial charge in [0.2, 0.25) is 11.8 Å². The highest BCUT2D eigenvalue weighted by atomic mass is 35.5. The Hall–Kier alpha value is -3.51. The van der Waals surface area contributed by atoms with Gasteiger partial charge in [0.25, 0.3) is 0 Å². The number of nitrogens with zero attached hydrogens (tertiary/aromatic N) is 2. The molecule has 218 valence electrons. The van der Waals surface area contributed by atoms with Crippen molar-refractivity contribution >= 4 is 29.1 Å². The van der Waals surface area contributed by atoms with Gasteiger partial charge in [-0.15, -0.1) is 0 Å². The number of fused-ring (bicyclic) bond motifs is 1. The number of hydrogen-bond donors (Lipinski definition) is 0. The van der Waals surface area contributed by atoms with Crippen molar-refractivity contribution in [3.63, 3.8) is 0 Å². The lowest BCUT2D eigenvalue weighted by atomic mass is 9.86. The van der Waals surface area contributed by atoms with Gasteiger partial charge < -0.3 is 19.3 Å². The number of ether oxygens (including phenoxy) is 2. The van der Waals surface area contributed by atoms with Gasteiger partial charge in [0, 0.05) is 24.2 Å². The lowest BCUT2D eigenvalue weighted by Gasteiger charge is -2.38. The first kappa shape index (κ1) is 30.4. The average Bonchev–Trinajstić information content (AvgIpc) is 2.95. The molecule has 3 aromatic rings. The maximum Gasteiger partial charge on any atom is 0.232 e. The largest absolute Gasteiger partial charge is 0.493 e. The van der Waals surface area contributed by atoms with Gasteiger partial charge in [-0.25, -0.2) is 0 Å². The van der Waals surface area contributed by atoms with E-state index in [4.69, 9.17) is 21.1 Å². The molecule has 41 heavy (non-hydrogen) atoms. The minimum Gasteiger partial charge on any atom is -0.493 e. The van der Waals surface area contributed by atoms with Crippen LogP contribution >= 0.6 is 11.6 Å². The Morgan fingerprint density at radius 3 is 2.24 bits per heavy atom. The van der Waals surface area contributed by atoms with Crippen molar-refractivity contribution in [1.82, 2.24) is 4.90 Å². The van der Waals surface area contributed by atoms with Crippen molar-refractivity contribution in [2.24, 2.45) is 5.92 Å². The molecule has 7 heteroatoms. The molecule has 6 nitrogen and oxygen atoms in total. The molecule has 0 fully saturated rings. The summed E-state index contributed by atoms with van der Waals surface area (Å²) in [5, 5.41) is 0.632. The summed E-state index contributed by atoms with van der Waals surface area (Å²) in [5.74, 6) is 1.68. The molecule has 1 aliphatic heterocycles. The number of hydrogen-bond acceptors (Lipinski definition) is 4. The van der Waals surface area contributed by atoms with Crippen molar-refractivity contribution in [3.05, 3.63) is 87.9 Å². The number of anilines is 1. The molecule has 3 aromatic carbocycles. The van der Waals surface area contributed by atoms with E-state index in [2.05, 4.69) is 20.8 Å². The lowest BCUT2D eigenvalue weighted by molar-refractivity contribution is -0.131. The van der Waals surface area contributed by atoms with Crippen molar-refractivity contribution in [2.45, 2.75) is 72.6 Å². The molecular formula is C34H41ClN2O4. The van der Waals surface area contributed by atoms with E-state index in [0.717, 1.165) is 34.4 Å². The molecule has 0 radical (unpaired) electrons. The van der Waals surface area contributed by atoms with Crippen LogP contribution in [0.4, 0.5) is 5.69 Å². The standard InChI is InChI=1S/C34H41ClN2O4/c1-8-22(4)41-32-19-30-27(17-31(32)40-7)18-33(39)37(34(30)26-9-13-28(35)14-10-26)29-15-11-25(12-16-29)23(5)36(24(6)38)20-21(2)3/h9-17,19,21-23,34H,8,18,20H2,1-7H3/t22-,23?,34?/m1/s1. The summed E-state index contributed by atoms with van der Waals surface area (Å²) in [6.07, 6.45) is 1.11. The summed E-state index contributed by atoms with van der Waals surface area (Å²) in [5.41, 5.74) is 4.65. The van der Waals surface area contributed by atoms with Gasteiger partial charge in [0.15, 0.2) is 11.5 Å². The normalized spacial score (nSPS) is 16.3. The number of halogens is 1. The maximum absolute atomic E-state index is 13.8. The molecule has 0 saturated heterocycles. The fourth-order valence-electron chi connectivity index (χ4n) is 5.42. The van der Waals surface area contributed by atoms with Crippen LogP contribution in [0.15, 0.2) is 60.7 Å². The van der Waals surface area contributed by atoms with Crippen molar-refractivity contribution in [3.8, 4) is 11.5 Å². The van der Waals surface area contributed by atoms with E-state index in [1.807, 2.05) is 84.3 Å². The van der Waals surface area contributed by atoms with E-state index in [1.54, 1.807) is 14.0 Å². The van der Waals surface area contributed by atoms with Crippen LogP contribution in [-0.2, 0) is 16.0 Å². The molecule has 0 bridgehead atoms.